The van der Waals surface area contributed by atoms with E-state index in [0.29, 0.717) is 5.92 Å². The van der Waals surface area contributed by atoms with E-state index in [2.05, 4.69) is 22.2 Å². The Balaban J connectivity index is 1.99. The van der Waals surface area contributed by atoms with Gasteiger partial charge in [-0.15, -0.1) is 10.2 Å². The summed E-state index contributed by atoms with van der Waals surface area (Å²) in [6.07, 6.45) is 1.62. The minimum Gasteiger partial charge on any atom is -0.481 e. The van der Waals surface area contributed by atoms with E-state index in [9.17, 15) is 9.90 Å². The van der Waals surface area contributed by atoms with Crippen LogP contribution >= 0.6 is 11.3 Å². The number of hydrogen-bond acceptors (Lipinski definition) is 5. The molecule has 3 unspecified atom stereocenters. The van der Waals surface area contributed by atoms with E-state index in [1.54, 1.807) is 4.52 Å². The van der Waals surface area contributed by atoms with Gasteiger partial charge in [0.25, 0.3) is 0 Å². The molecule has 2 heterocycles. The van der Waals surface area contributed by atoms with Crippen molar-refractivity contribution in [3.8, 4) is 0 Å². The number of aromatic nitrogens is 4. The van der Waals surface area contributed by atoms with E-state index in [1.807, 2.05) is 13.8 Å². The van der Waals surface area contributed by atoms with Gasteiger partial charge in [-0.25, -0.2) is 0 Å². The molecule has 0 bridgehead atoms. The molecule has 108 valence electrons. The fourth-order valence-electron chi connectivity index (χ4n) is 2.99. The molecule has 0 amide bonds. The third-order valence-corrected chi connectivity index (χ3v) is 5.01. The van der Waals surface area contributed by atoms with Crippen molar-refractivity contribution in [1.82, 2.24) is 19.8 Å². The molecule has 1 aliphatic carbocycles. The van der Waals surface area contributed by atoms with E-state index in [1.165, 1.54) is 11.3 Å². The molecule has 0 saturated heterocycles. The monoisotopic (exact) mass is 294 g/mol. The Kier molecular flexibility index (Phi) is 3.24. The van der Waals surface area contributed by atoms with Crippen molar-refractivity contribution in [2.75, 3.05) is 0 Å². The van der Waals surface area contributed by atoms with Crippen LogP contribution in [-0.4, -0.2) is 30.9 Å². The maximum absolute atomic E-state index is 11.4. The molecule has 0 aliphatic heterocycles. The van der Waals surface area contributed by atoms with Crippen molar-refractivity contribution < 1.29 is 9.90 Å². The smallest absolute Gasteiger partial charge is 0.307 e. The standard InChI is InChI=1S/C13H18N4O2S/c1-6(2)10-14-15-13-17(10)16-11(20-13)8-4-7(3)5-9(8)12(18)19/h6-9H,4-5H2,1-3H3,(H,18,19). The fraction of sp³-hybridized carbons (Fsp3) is 0.692. The maximum Gasteiger partial charge on any atom is 0.307 e. The average Bonchev–Trinajstić information content (AvgIpc) is 2.99. The summed E-state index contributed by atoms with van der Waals surface area (Å²) in [5, 5.41) is 23.1. The third kappa shape index (κ3) is 2.09. The molecule has 1 fully saturated rings. The average molecular weight is 294 g/mol. The van der Waals surface area contributed by atoms with E-state index >= 15 is 0 Å². The minimum atomic E-state index is -0.714. The van der Waals surface area contributed by atoms with E-state index in [0.717, 1.165) is 28.6 Å². The molecule has 0 spiro atoms. The number of rotatable bonds is 3. The van der Waals surface area contributed by atoms with Gasteiger partial charge in [-0.05, 0) is 18.8 Å². The Bertz CT molecular complexity index is 648. The molecular formula is C13H18N4O2S. The molecule has 1 saturated carbocycles. The highest BCUT2D eigenvalue weighted by molar-refractivity contribution is 7.16. The van der Waals surface area contributed by atoms with Gasteiger partial charge in [0.15, 0.2) is 5.82 Å². The maximum atomic E-state index is 11.4. The van der Waals surface area contributed by atoms with Gasteiger partial charge in [0, 0.05) is 11.8 Å². The van der Waals surface area contributed by atoms with Gasteiger partial charge < -0.3 is 5.11 Å². The molecule has 0 aromatic carbocycles. The first-order chi connectivity index (χ1) is 9.47. The highest BCUT2D eigenvalue weighted by Gasteiger charge is 2.40. The molecule has 0 radical (unpaired) electrons. The molecule has 20 heavy (non-hydrogen) atoms. The summed E-state index contributed by atoms with van der Waals surface area (Å²) in [6.45, 7) is 6.20. The molecule has 1 N–H and O–H groups in total. The van der Waals surface area contributed by atoms with Gasteiger partial charge in [0.2, 0.25) is 4.96 Å². The van der Waals surface area contributed by atoms with Crippen LogP contribution in [0.4, 0.5) is 0 Å². The van der Waals surface area contributed by atoms with Gasteiger partial charge in [-0.2, -0.15) is 9.61 Å². The zero-order chi connectivity index (χ0) is 14.4. The van der Waals surface area contributed by atoms with Gasteiger partial charge in [-0.3, -0.25) is 4.79 Å². The lowest BCUT2D eigenvalue weighted by Crippen LogP contribution is -2.17. The lowest BCUT2D eigenvalue weighted by atomic mass is 9.97. The number of carboxylic acid groups (broad SMARTS) is 1. The van der Waals surface area contributed by atoms with Crippen LogP contribution in [-0.2, 0) is 4.79 Å². The summed E-state index contributed by atoms with van der Waals surface area (Å²) in [6, 6.07) is 0. The molecule has 2 aromatic rings. The number of carboxylic acids is 1. The topological polar surface area (TPSA) is 80.4 Å². The Hall–Kier alpha value is -1.50. The number of nitrogens with zero attached hydrogens (tertiary/aromatic N) is 4. The van der Waals surface area contributed by atoms with E-state index < -0.39 is 5.97 Å². The predicted octanol–water partition coefficient (Wildman–Crippen LogP) is 2.52. The number of carbonyl (C=O) groups is 1. The van der Waals surface area contributed by atoms with Crippen LogP contribution in [0.1, 0.15) is 56.3 Å². The second-order valence-corrected chi connectivity index (χ2v) is 6.96. The molecule has 6 nitrogen and oxygen atoms in total. The first-order valence-corrected chi connectivity index (χ1v) is 7.73. The van der Waals surface area contributed by atoms with Crippen molar-refractivity contribution in [1.29, 1.82) is 0 Å². The van der Waals surface area contributed by atoms with Crippen LogP contribution in [0, 0.1) is 11.8 Å². The van der Waals surface area contributed by atoms with Crippen LogP contribution in [0.5, 0.6) is 0 Å². The van der Waals surface area contributed by atoms with Gasteiger partial charge in [-0.1, -0.05) is 32.1 Å². The molecule has 3 atom stereocenters. The number of aliphatic carboxylic acids is 1. The Morgan fingerprint density at radius 1 is 1.40 bits per heavy atom. The first-order valence-electron chi connectivity index (χ1n) is 6.92. The van der Waals surface area contributed by atoms with Crippen LogP contribution in [0.2, 0.25) is 0 Å². The highest BCUT2D eigenvalue weighted by Crippen LogP contribution is 2.44. The Labute approximate surface area is 120 Å². The SMILES string of the molecule is CC1CC(C(=O)O)C(c2nn3c(C(C)C)nnc3s2)C1. The fourth-order valence-corrected chi connectivity index (χ4v) is 4.02. The van der Waals surface area contributed by atoms with Crippen molar-refractivity contribution in [2.24, 2.45) is 11.8 Å². The summed E-state index contributed by atoms with van der Waals surface area (Å²) in [5.41, 5.74) is 0. The summed E-state index contributed by atoms with van der Waals surface area (Å²) in [4.78, 5) is 12.2. The normalized spacial score (nSPS) is 26.7. The molecule has 7 heteroatoms. The highest BCUT2D eigenvalue weighted by atomic mass is 32.1. The van der Waals surface area contributed by atoms with Crippen molar-refractivity contribution in [2.45, 2.75) is 45.4 Å². The first kappa shape index (κ1) is 13.5. The molecule has 2 aromatic heterocycles. The number of fused-ring (bicyclic) bond motifs is 1. The summed E-state index contributed by atoms with van der Waals surface area (Å²) in [5.74, 6) is 0.484. The summed E-state index contributed by atoms with van der Waals surface area (Å²) in [7, 11) is 0. The molecule has 3 rings (SSSR count). The second-order valence-electron chi connectivity index (χ2n) is 5.98. The quantitative estimate of drug-likeness (QED) is 0.940. The summed E-state index contributed by atoms with van der Waals surface area (Å²) >= 11 is 1.47. The Morgan fingerprint density at radius 2 is 2.15 bits per heavy atom. The largest absolute Gasteiger partial charge is 0.481 e. The zero-order valence-corrected chi connectivity index (χ0v) is 12.6. The lowest BCUT2D eigenvalue weighted by Gasteiger charge is -2.11. The van der Waals surface area contributed by atoms with Crippen LogP contribution in [0.15, 0.2) is 0 Å². The molecule has 1 aliphatic rings. The van der Waals surface area contributed by atoms with Crippen molar-refractivity contribution in [3.63, 3.8) is 0 Å². The van der Waals surface area contributed by atoms with Crippen LogP contribution in [0.3, 0.4) is 0 Å². The minimum absolute atomic E-state index is 0.00853. The van der Waals surface area contributed by atoms with Gasteiger partial charge in [0.05, 0.1) is 5.92 Å². The van der Waals surface area contributed by atoms with Crippen molar-refractivity contribution >= 4 is 22.3 Å². The summed E-state index contributed by atoms with van der Waals surface area (Å²) < 4.78 is 1.77. The third-order valence-electron chi connectivity index (χ3n) is 3.98. The van der Waals surface area contributed by atoms with Gasteiger partial charge in [0.1, 0.15) is 5.01 Å². The van der Waals surface area contributed by atoms with Crippen LogP contribution < -0.4 is 0 Å². The van der Waals surface area contributed by atoms with Gasteiger partial charge >= 0.3 is 5.97 Å². The van der Waals surface area contributed by atoms with Crippen LogP contribution in [0.25, 0.3) is 4.96 Å². The van der Waals surface area contributed by atoms with E-state index in [4.69, 9.17) is 0 Å². The Morgan fingerprint density at radius 3 is 2.80 bits per heavy atom. The zero-order valence-electron chi connectivity index (χ0n) is 11.8. The predicted molar refractivity (Wildman–Crippen MR) is 75.0 cm³/mol. The number of hydrogen-bond donors (Lipinski definition) is 1. The molecular weight excluding hydrogens is 276 g/mol. The van der Waals surface area contributed by atoms with E-state index in [-0.39, 0.29) is 17.8 Å². The second kappa shape index (κ2) is 4.80. The lowest BCUT2D eigenvalue weighted by molar-refractivity contribution is -0.142. The van der Waals surface area contributed by atoms with Crippen molar-refractivity contribution in [3.05, 3.63) is 10.8 Å².